The van der Waals surface area contributed by atoms with Gasteiger partial charge in [-0.2, -0.15) is 0 Å². The van der Waals surface area contributed by atoms with Crippen molar-refractivity contribution in [3.63, 3.8) is 0 Å². The molecule has 6 rings (SSSR count). The number of nitrogens with one attached hydrogen (secondary N) is 4. The number of aromatic nitrogens is 4. The number of carbonyl (C=O) groups is 4. The summed E-state index contributed by atoms with van der Waals surface area (Å²) < 4.78 is 9.49. The summed E-state index contributed by atoms with van der Waals surface area (Å²) in [6.45, 7) is 6.94. The lowest BCUT2D eigenvalue weighted by molar-refractivity contribution is -0.135. The summed E-state index contributed by atoms with van der Waals surface area (Å²) in [4.78, 5) is 70.7. The lowest BCUT2D eigenvalue weighted by Crippen LogP contribution is -2.51. The van der Waals surface area contributed by atoms with Crippen LogP contribution < -0.4 is 10.6 Å². The predicted molar refractivity (Wildman–Crippen MR) is 202 cm³/mol. The highest BCUT2D eigenvalue weighted by atomic mass is 16.5. The number of hydrogen-bond acceptors (Lipinski definition) is 8. The van der Waals surface area contributed by atoms with E-state index in [1.165, 1.54) is 14.2 Å². The van der Waals surface area contributed by atoms with Gasteiger partial charge in [-0.05, 0) is 73.9 Å². The van der Waals surface area contributed by atoms with E-state index in [9.17, 15) is 19.2 Å². The summed E-state index contributed by atoms with van der Waals surface area (Å²) in [6.07, 6.45) is 5.03. The number of imidazole rings is 2. The van der Waals surface area contributed by atoms with Crippen molar-refractivity contribution in [1.29, 1.82) is 0 Å². The van der Waals surface area contributed by atoms with Crippen LogP contribution >= 0.6 is 0 Å². The summed E-state index contributed by atoms with van der Waals surface area (Å²) in [5, 5.41) is 5.37. The van der Waals surface area contributed by atoms with Crippen LogP contribution in [0.4, 0.5) is 9.59 Å². The van der Waals surface area contributed by atoms with Gasteiger partial charge in [-0.1, -0.05) is 51.2 Å². The Labute approximate surface area is 314 Å². The first-order chi connectivity index (χ1) is 26.1. The topological polar surface area (TPSA) is 175 Å². The van der Waals surface area contributed by atoms with Crippen LogP contribution in [-0.4, -0.2) is 93.1 Å². The van der Waals surface area contributed by atoms with Crippen molar-refractivity contribution in [3.8, 4) is 23.1 Å². The van der Waals surface area contributed by atoms with Crippen molar-refractivity contribution in [1.82, 2.24) is 40.4 Å². The highest BCUT2D eigenvalue weighted by Gasteiger charge is 2.38. The molecule has 284 valence electrons. The van der Waals surface area contributed by atoms with Gasteiger partial charge in [0.2, 0.25) is 11.8 Å². The number of H-pyrrole nitrogens is 2. The van der Waals surface area contributed by atoms with Crippen molar-refractivity contribution in [2.24, 2.45) is 5.92 Å². The van der Waals surface area contributed by atoms with E-state index in [2.05, 4.69) is 37.4 Å². The van der Waals surface area contributed by atoms with Crippen LogP contribution in [0.25, 0.3) is 22.3 Å². The number of ether oxygens (including phenoxy) is 2. The van der Waals surface area contributed by atoms with Crippen molar-refractivity contribution >= 4 is 35.0 Å². The maximum absolute atomic E-state index is 13.5. The first-order valence-corrected chi connectivity index (χ1v) is 18.6. The number of rotatable bonds is 10. The number of benzene rings is 2. The van der Waals surface area contributed by atoms with Gasteiger partial charge in [0.05, 0.1) is 49.2 Å². The largest absolute Gasteiger partial charge is 0.453 e. The summed E-state index contributed by atoms with van der Waals surface area (Å²) >= 11 is 0. The molecule has 0 unspecified atom stereocenters. The number of alkyl carbamates (subject to hydrolysis) is 2. The smallest absolute Gasteiger partial charge is 0.407 e. The summed E-state index contributed by atoms with van der Waals surface area (Å²) in [6, 6.07) is 11.9. The van der Waals surface area contributed by atoms with Gasteiger partial charge in [0.1, 0.15) is 23.7 Å². The van der Waals surface area contributed by atoms with Gasteiger partial charge < -0.3 is 39.9 Å². The van der Waals surface area contributed by atoms with E-state index >= 15 is 0 Å². The zero-order valence-corrected chi connectivity index (χ0v) is 31.4. The van der Waals surface area contributed by atoms with Crippen LogP contribution in [0.15, 0.2) is 48.7 Å². The third-order valence-electron chi connectivity index (χ3n) is 10.1. The molecule has 4 atom stereocenters. The molecular formula is C40H48N8O6. The van der Waals surface area contributed by atoms with E-state index in [0.717, 1.165) is 71.3 Å². The molecule has 2 aromatic heterocycles. The maximum Gasteiger partial charge on any atom is 0.407 e. The molecule has 0 radical (unpaired) electrons. The predicted octanol–water partition coefficient (Wildman–Crippen LogP) is 5.59. The molecule has 2 aliphatic heterocycles. The quantitative estimate of drug-likeness (QED) is 0.153. The van der Waals surface area contributed by atoms with E-state index in [0.29, 0.717) is 25.3 Å². The van der Waals surface area contributed by atoms with Gasteiger partial charge in [0.25, 0.3) is 0 Å². The van der Waals surface area contributed by atoms with Crippen LogP contribution in [0.1, 0.15) is 94.2 Å². The second-order valence-electron chi connectivity index (χ2n) is 14.1. The molecule has 4 N–H and O–H groups in total. The fourth-order valence-corrected chi connectivity index (χ4v) is 7.25. The van der Waals surface area contributed by atoms with Crippen molar-refractivity contribution in [3.05, 3.63) is 71.4 Å². The van der Waals surface area contributed by atoms with Crippen LogP contribution in [0.3, 0.4) is 0 Å². The van der Waals surface area contributed by atoms with Crippen LogP contribution in [-0.2, 0) is 19.1 Å². The molecule has 4 amide bonds. The molecule has 54 heavy (non-hydrogen) atoms. The standard InChI is InChI=1S/C40H48N8O6/c1-6-9-29(45-39(51)53-4)37(49)47-20-8-11-33(47)36-42-28-19-16-26(22-30(28)43-36)13-12-25-14-17-27(18-15-25)31-23-41-35(44-31)32-10-7-21-48(32)38(50)34(24(2)3)46-40(52)54-5/h14-19,22-24,29,32-34H,6-11,20-21H2,1-5H3,(H,41,44)(H,42,43)(H,45,51)(H,46,52)/t29-,32-,33-,34-/m0/s1. The number of fused-ring (bicyclic) bond motifs is 1. The normalized spacial score (nSPS) is 17.9. The van der Waals surface area contributed by atoms with E-state index in [-0.39, 0.29) is 29.8 Å². The van der Waals surface area contributed by atoms with Crippen molar-refractivity contribution in [2.75, 3.05) is 27.3 Å². The molecule has 14 nitrogen and oxygen atoms in total. The minimum absolute atomic E-state index is 0.108. The second kappa shape index (κ2) is 16.9. The Morgan fingerprint density at radius 1 is 0.852 bits per heavy atom. The maximum atomic E-state index is 13.5. The van der Waals surface area contributed by atoms with Gasteiger partial charge in [0, 0.05) is 24.2 Å². The number of methoxy groups -OCH3 is 2. The number of amides is 4. The van der Waals surface area contributed by atoms with Gasteiger partial charge >= 0.3 is 12.2 Å². The number of hydrogen-bond donors (Lipinski definition) is 4. The number of nitrogens with zero attached hydrogens (tertiary/aromatic N) is 4. The van der Waals surface area contributed by atoms with E-state index in [1.807, 2.05) is 68.1 Å². The summed E-state index contributed by atoms with van der Waals surface area (Å²) in [7, 11) is 2.57. The number of likely N-dealkylation sites (tertiary alicyclic amines) is 2. The zero-order valence-electron chi connectivity index (χ0n) is 31.4. The SMILES string of the molecule is CCC[C@H](NC(=O)OC)C(=O)N1CCC[C@H]1c1nc2ccc(C#Cc3ccc(-c4cnc([C@@H]5CCCN5C(=O)[C@@H](NC(=O)OC)C(C)C)[nH]4)cc3)cc2[nH]1. The zero-order chi connectivity index (χ0) is 38.4. The van der Waals surface area contributed by atoms with Gasteiger partial charge in [0.15, 0.2) is 0 Å². The Morgan fingerprint density at radius 2 is 1.48 bits per heavy atom. The molecule has 2 aliphatic rings. The molecule has 4 aromatic rings. The average molecular weight is 737 g/mol. The highest BCUT2D eigenvalue weighted by Crippen LogP contribution is 2.34. The fraction of sp³-hybridized carbons (Fsp3) is 0.450. The lowest BCUT2D eigenvalue weighted by atomic mass is 10.0. The van der Waals surface area contributed by atoms with Crippen molar-refractivity contribution < 1.29 is 28.7 Å². The number of carbonyl (C=O) groups excluding carboxylic acids is 4. The molecule has 14 heteroatoms. The Balaban J connectivity index is 1.12. The Bertz CT molecular complexity index is 2040. The van der Waals surface area contributed by atoms with Crippen LogP contribution in [0, 0.1) is 17.8 Å². The molecular weight excluding hydrogens is 688 g/mol. The molecule has 4 heterocycles. The Kier molecular flexibility index (Phi) is 11.8. The minimum atomic E-state index is -0.692. The third kappa shape index (κ3) is 8.35. The van der Waals surface area contributed by atoms with E-state index in [4.69, 9.17) is 14.5 Å². The van der Waals surface area contributed by atoms with E-state index < -0.39 is 24.3 Å². The summed E-state index contributed by atoms with van der Waals surface area (Å²) in [5.41, 5.74) is 5.06. The molecule has 2 saturated heterocycles. The first kappa shape index (κ1) is 37.9. The van der Waals surface area contributed by atoms with Gasteiger partial charge in [-0.25, -0.2) is 19.6 Å². The molecule has 0 bridgehead atoms. The molecule has 2 fully saturated rings. The van der Waals surface area contributed by atoms with Crippen LogP contribution in [0.5, 0.6) is 0 Å². The van der Waals surface area contributed by atoms with Gasteiger partial charge in [-0.3, -0.25) is 9.59 Å². The molecule has 2 aromatic carbocycles. The van der Waals surface area contributed by atoms with Crippen molar-refractivity contribution in [2.45, 2.75) is 83.5 Å². The fourth-order valence-electron chi connectivity index (χ4n) is 7.25. The Morgan fingerprint density at radius 3 is 2.15 bits per heavy atom. The lowest BCUT2D eigenvalue weighted by Gasteiger charge is -2.30. The highest BCUT2D eigenvalue weighted by molar-refractivity contribution is 5.87. The van der Waals surface area contributed by atoms with Gasteiger partial charge in [-0.15, -0.1) is 0 Å². The first-order valence-electron chi connectivity index (χ1n) is 18.6. The second-order valence-corrected chi connectivity index (χ2v) is 14.1. The molecule has 0 saturated carbocycles. The monoisotopic (exact) mass is 736 g/mol. The minimum Gasteiger partial charge on any atom is -0.453 e. The van der Waals surface area contributed by atoms with E-state index in [1.54, 1.807) is 11.1 Å². The molecule has 0 spiro atoms. The van der Waals surface area contributed by atoms with Crippen LogP contribution in [0.2, 0.25) is 0 Å². The Hall–Kier alpha value is -5.84. The average Bonchev–Trinajstić information content (AvgIpc) is 4.01. The summed E-state index contributed by atoms with van der Waals surface area (Å²) in [5.74, 6) is 7.54. The molecule has 0 aliphatic carbocycles. The number of aromatic amines is 2. The third-order valence-corrected chi connectivity index (χ3v) is 10.1.